The minimum Gasteiger partial charge on any atom is -0.756 e. The molecule has 0 bridgehead atoms. The number of carbonyl (C=O) groups is 1. The van der Waals surface area contributed by atoms with Gasteiger partial charge < -0.3 is 34.0 Å². The van der Waals surface area contributed by atoms with E-state index in [9.17, 15) is 24.5 Å². The van der Waals surface area contributed by atoms with Crippen LogP contribution in [-0.2, 0) is 18.4 Å². The van der Waals surface area contributed by atoms with Crippen LogP contribution in [0.2, 0.25) is 0 Å². The number of rotatable bonds is 33. The van der Waals surface area contributed by atoms with Crippen LogP contribution in [0.1, 0.15) is 117 Å². The number of aliphatic hydroxyl groups is 2. The van der Waals surface area contributed by atoms with Crippen molar-refractivity contribution in [1.82, 2.24) is 5.32 Å². The van der Waals surface area contributed by atoms with Crippen molar-refractivity contribution in [2.45, 2.75) is 135 Å². The highest BCUT2D eigenvalue weighted by molar-refractivity contribution is 7.45. The number of nitrogens with zero attached hydrogens (tertiary/aromatic N) is 1. The van der Waals surface area contributed by atoms with E-state index in [4.69, 9.17) is 9.05 Å². The average Bonchev–Trinajstić information content (AvgIpc) is 3.09. The van der Waals surface area contributed by atoms with Crippen molar-refractivity contribution in [3.8, 4) is 0 Å². The van der Waals surface area contributed by atoms with Gasteiger partial charge in [-0.15, -0.1) is 0 Å². The number of phosphoric acid groups is 1. The Hall–Kier alpha value is -2.36. The lowest BCUT2D eigenvalue weighted by Gasteiger charge is -2.29. The normalized spacial score (nSPS) is 16.1. The molecule has 1 unspecified atom stereocenters. The molecule has 0 rings (SSSR count). The number of hydrogen-bond acceptors (Lipinski definition) is 7. The SMILES string of the molecule is CCCCCCCC/C=C\CC/C=C/[C@@H](O)[C@H](COP(=O)([O-])OCC[N+](C)(C)C)NC(=O)CCC/C=C\C/C=C\C/C=C\C/C=C\C=C\[C@H](O)CC. The van der Waals surface area contributed by atoms with Gasteiger partial charge in [0.15, 0.2) is 0 Å². The molecule has 0 aliphatic carbocycles. The minimum absolute atomic E-state index is 0.0284. The van der Waals surface area contributed by atoms with Gasteiger partial charge in [0.2, 0.25) is 5.91 Å². The zero-order valence-corrected chi connectivity index (χ0v) is 34.0. The van der Waals surface area contributed by atoms with Crippen LogP contribution in [-0.4, -0.2) is 79.8 Å². The quantitative estimate of drug-likeness (QED) is 0.0202. The molecule has 298 valence electrons. The number of phosphoric ester groups is 1. The number of nitrogens with one attached hydrogen (secondary N) is 1. The summed E-state index contributed by atoms with van der Waals surface area (Å²) in [6.45, 7) is 4.18. The van der Waals surface area contributed by atoms with E-state index in [1.165, 1.54) is 38.5 Å². The molecule has 3 N–H and O–H groups in total. The molecule has 0 spiro atoms. The van der Waals surface area contributed by atoms with Gasteiger partial charge in [0.05, 0.1) is 46.0 Å². The summed E-state index contributed by atoms with van der Waals surface area (Å²) in [4.78, 5) is 25.1. The average molecular weight is 749 g/mol. The van der Waals surface area contributed by atoms with Gasteiger partial charge in [0.25, 0.3) is 7.82 Å². The first kappa shape index (κ1) is 49.6. The first-order valence-corrected chi connectivity index (χ1v) is 21.0. The van der Waals surface area contributed by atoms with Gasteiger partial charge in [-0.25, -0.2) is 0 Å². The van der Waals surface area contributed by atoms with Gasteiger partial charge in [0, 0.05) is 6.42 Å². The highest BCUT2D eigenvalue weighted by Gasteiger charge is 2.23. The monoisotopic (exact) mass is 749 g/mol. The molecule has 0 aliphatic rings. The molecular formula is C42H73N2O7P. The predicted molar refractivity (Wildman–Crippen MR) is 216 cm³/mol. The van der Waals surface area contributed by atoms with E-state index in [1.807, 2.05) is 58.4 Å². The van der Waals surface area contributed by atoms with E-state index in [0.29, 0.717) is 23.9 Å². The number of amides is 1. The number of allylic oxidation sites excluding steroid dienone is 12. The molecule has 0 fully saturated rings. The summed E-state index contributed by atoms with van der Waals surface area (Å²) < 4.78 is 23.0. The lowest BCUT2D eigenvalue weighted by atomic mass is 10.1. The van der Waals surface area contributed by atoms with Crippen molar-refractivity contribution < 1.29 is 38.0 Å². The molecule has 4 atom stereocenters. The summed E-state index contributed by atoms with van der Waals surface area (Å²) in [6.07, 6.45) is 41.6. The molecule has 0 aromatic carbocycles. The van der Waals surface area contributed by atoms with Crippen molar-refractivity contribution in [2.75, 3.05) is 40.9 Å². The first-order valence-electron chi connectivity index (χ1n) is 19.6. The summed E-state index contributed by atoms with van der Waals surface area (Å²) >= 11 is 0. The van der Waals surface area contributed by atoms with E-state index in [1.54, 1.807) is 12.2 Å². The Morgan fingerprint density at radius 3 is 1.98 bits per heavy atom. The number of aliphatic hydroxyl groups excluding tert-OH is 2. The largest absolute Gasteiger partial charge is 0.756 e. The summed E-state index contributed by atoms with van der Waals surface area (Å²) in [5, 5.41) is 23.1. The minimum atomic E-state index is -4.62. The first-order chi connectivity index (χ1) is 24.9. The predicted octanol–water partition coefficient (Wildman–Crippen LogP) is 8.58. The van der Waals surface area contributed by atoms with Crippen LogP contribution in [0.3, 0.4) is 0 Å². The van der Waals surface area contributed by atoms with Gasteiger partial charge in [0.1, 0.15) is 13.2 Å². The molecule has 10 heteroatoms. The highest BCUT2D eigenvalue weighted by atomic mass is 31.2. The summed E-state index contributed by atoms with van der Waals surface area (Å²) in [7, 11) is 1.16. The molecule has 0 aliphatic heterocycles. The maximum Gasteiger partial charge on any atom is 0.268 e. The fraction of sp³-hybridized carbons (Fsp3) is 0.643. The Morgan fingerprint density at radius 1 is 0.731 bits per heavy atom. The number of unbranched alkanes of at least 4 members (excludes halogenated alkanes) is 8. The lowest BCUT2D eigenvalue weighted by Crippen LogP contribution is -2.45. The van der Waals surface area contributed by atoms with E-state index >= 15 is 0 Å². The zero-order chi connectivity index (χ0) is 38.8. The van der Waals surface area contributed by atoms with Crippen molar-refractivity contribution in [3.05, 3.63) is 85.1 Å². The maximum absolute atomic E-state index is 12.8. The van der Waals surface area contributed by atoms with E-state index in [2.05, 4.69) is 54.8 Å². The van der Waals surface area contributed by atoms with Gasteiger partial charge in [-0.3, -0.25) is 9.36 Å². The second-order valence-corrected chi connectivity index (χ2v) is 15.5. The second-order valence-electron chi connectivity index (χ2n) is 14.1. The van der Waals surface area contributed by atoms with Crippen molar-refractivity contribution in [1.29, 1.82) is 0 Å². The summed E-state index contributed by atoms with van der Waals surface area (Å²) in [6, 6.07) is -0.946. The highest BCUT2D eigenvalue weighted by Crippen LogP contribution is 2.38. The molecule has 0 aromatic heterocycles. The standard InChI is InChI=1S/C42H73N2O7P/c1-6-8-9-10-11-12-13-19-22-25-28-31-34-41(46)40(38-51-52(48,49)50-37-36-44(3,4)5)43-42(47)35-32-29-26-23-20-17-15-14-16-18-21-24-27-30-33-39(45)7-2/h15-19,22-24,26-27,30-31,33-34,39-41,45-46H,6-14,20-21,25,28-29,32,35-38H2,1-5H3,(H-,43,47,48,49)/b17-15-,18-16-,22-19-,26-23-,27-24-,33-30+,34-31+/t39-,40+,41-/m1/s1. The summed E-state index contributed by atoms with van der Waals surface area (Å²) in [5.74, 6) is -0.283. The van der Waals surface area contributed by atoms with Gasteiger partial charge in [-0.05, 0) is 64.2 Å². The van der Waals surface area contributed by atoms with Crippen LogP contribution in [0, 0.1) is 0 Å². The van der Waals surface area contributed by atoms with Crippen LogP contribution < -0.4 is 10.2 Å². The van der Waals surface area contributed by atoms with Gasteiger partial charge in [-0.1, -0.05) is 131 Å². The van der Waals surface area contributed by atoms with Crippen molar-refractivity contribution in [3.63, 3.8) is 0 Å². The maximum atomic E-state index is 12.8. The molecule has 0 aromatic rings. The lowest BCUT2D eigenvalue weighted by molar-refractivity contribution is -0.870. The third-order valence-electron chi connectivity index (χ3n) is 8.00. The van der Waals surface area contributed by atoms with Crippen LogP contribution >= 0.6 is 7.82 Å². The topological polar surface area (TPSA) is 128 Å². The zero-order valence-electron chi connectivity index (χ0n) is 33.1. The molecule has 52 heavy (non-hydrogen) atoms. The second kappa shape index (κ2) is 33.2. The number of likely N-dealkylation sites (N-methyl/N-ethyl adjacent to an activating group) is 1. The van der Waals surface area contributed by atoms with Crippen LogP contribution in [0.5, 0.6) is 0 Å². The van der Waals surface area contributed by atoms with E-state index in [0.717, 1.165) is 44.9 Å². The Kier molecular flexibility index (Phi) is 31.7. The fourth-order valence-electron chi connectivity index (χ4n) is 4.68. The van der Waals surface area contributed by atoms with Crippen LogP contribution in [0.4, 0.5) is 0 Å². The van der Waals surface area contributed by atoms with Crippen molar-refractivity contribution in [2.24, 2.45) is 0 Å². The molecule has 0 saturated heterocycles. The third kappa shape index (κ3) is 34.7. The number of quaternary nitrogens is 1. The molecule has 1 amide bonds. The Morgan fingerprint density at radius 2 is 1.31 bits per heavy atom. The van der Waals surface area contributed by atoms with Crippen molar-refractivity contribution >= 4 is 13.7 Å². The molecular weight excluding hydrogens is 675 g/mol. The smallest absolute Gasteiger partial charge is 0.268 e. The van der Waals surface area contributed by atoms with E-state index in [-0.39, 0.29) is 25.0 Å². The third-order valence-corrected chi connectivity index (χ3v) is 8.96. The Balaban J connectivity index is 4.70. The Labute approximate surface area is 317 Å². The van der Waals surface area contributed by atoms with Gasteiger partial charge >= 0.3 is 0 Å². The Bertz CT molecular complexity index is 1140. The number of hydrogen-bond donors (Lipinski definition) is 3. The molecule has 0 heterocycles. The molecule has 0 saturated carbocycles. The number of carbonyl (C=O) groups excluding carboxylic acids is 1. The van der Waals surface area contributed by atoms with Crippen LogP contribution in [0.15, 0.2) is 85.1 Å². The van der Waals surface area contributed by atoms with E-state index < -0.39 is 26.6 Å². The fourth-order valence-corrected chi connectivity index (χ4v) is 5.40. The van der Waals surface area contributed by atoms with Crippen LogP contribution in [0.25, 0.3) is 0 Å². The molecule has 0 radical (unpaired) electrons. The molecule has 9 nitrogen and oxygen atoms in total. The van der Waals surface area contributed by atoms with Gasteiger partial charge in [-0.2, -0.15) is 0 Å². The summed E-state index contributed by atoms with van der Waals surface area (Å²) in [5.41, 5.74) is 0.